The highest BCUT2D eigenvalue weighted by molar-refractivity contribution is 7.90. The minimum Gasteiger partial charge on any atom is -0.504 e. The number of phenolic OH excluding ortho intramolecular Hbond substituents is 1. The number of rotatable bonds is 28. The Labute approximate surface area is 601 Å². The Morgan fingerprint density at radius 2 is 1.48 bits per heavy atom. The maximum absolute atomic E-state index is 15.0. The highest BCUT2D eigenvalue weighted by Gasteiger charge is 2.50. The summed E-state index contributed by atoms with van der Waals surface area (Å²) in [6, 6.07) is 5.64. The van der Waals surface area contributed by atoms with Crippen LogP contribution in [0.3, 0.4) is 0 Å². The van der Waals surface area contributed by atoms with E-state index in [0.29, 0.717) is 22.1 Å². The standard InChI is InChI=1S/C67H92N12O22S2/c1-36-30-78-57(58(36)88)63(93)69-29-45(83)27-47(70-59(89)41-10-8-40(9-11-41)48-32-79-67(71-48)102-64(75-79)42-12-14-44(15-13-42)76-21-18-38(19-22-76)35-98-24-6-4-5-23-97-3)60(90)72-54(37(2)82)65(94)77-31-46(84)28-49(77)61(91)73-55(52(87)25-39-7-16-50(85)53(26-39)99-103-101-100-96)62(92)74-56(66(78)95)51(86)17-20-68-43(33-80)34-81/h7-16,26,32,36-38,43,45-47,49,51-52,54-58,68,80-88,96H,4-6,17-25,27-31,33-35H2,1-3H3,(H,69,93)(H,70,89)(H,72,90)(H,73,91)(H,74,92)/t36-,37+,45+,46+,47?,49-,51+,52+,54-,55-,56-,57-,58-/m0/s1. The van der Waals surface area contributed by atoms with Crippen molar-refractivity contribution in [3.05, 3.63) is 84.1 Å². The summed E-state index contributed by atoms with van der Waals surface area (Å²) in [6.07, 6.45) is -5.68. The van der Waals surface area contributed by atoms with Gasteiger partial charge in [0.05, 0.1) is 67.8 Å². The third-order valence-corrected chi connectivity index (χ3v) is 20.1. The molecular formula is C67H92N12O22S2. The molecule has 0 saturated carbocycles. The molecule has 0 spiro atoms. The normalized spacial score (nSPS) is 24.6. The summed E-state index contributed by atoms with van der Waals surface area (Å²) in [5.41, 5.74) is 3.29. The van der Waals surface area contributed by atoms with Gasteiger partial charge in [-0.15, -0.1) is 0 Å². The molecule has 4 aliphatic rings. The van der Waals surface area contributed by atoms with Crippen LogP contribution >= 0.6 is 23.7 Å². The number of aromatic nitrogens is 3. The summed E-state index contributed by atoms with van der Waals surface area (Å²) in [7, 11) is 1.72. The molecule has 4 fully saturated rings. The SMILES string of the molecule is COCCCCCOCC1CCN(c2ccc(-c3nn4cc(-c5ccc(C(=O)NC6C[C@@H](O)CNC(=O)[C@@H]7[C@@H](O)[C@@H](C)CN7C(=O)[C@H]([C@H](O)CCNC(CO)CO)NC(=O)[C@H]([C@H](O)Cc7ccc(O)c(OSOOO)c7)NC(=O)[C@@H]7C[C@@H](O)CN7C(=O)[C@H]([C@@H](C)O)NC6=O)cc5)nc4s3)cc2)CC1. The number of fused-ring (bicyclic) bond motifs is 3. The molecule has 103 heavy (non-hydrogen) atoms. The van der Waals surface area contributed by atoms with Crippen LogP contribution < -0.4 is 41.0 Å². The van der Waals surface area contributed by atoms with Crippen LogP contribution in [-0.4, -0.2) is 275 Å². The molecule has 0 radical (unpaired) electrons. The average Bonchev–Trinajstić information content (AvgIpc) is 1.74. The van der Waals surface area contributed by atoms with E-state index in [4.69, 9.17) is 29.0 Å². The van der Waals surface area contributed by atoms with E-state index in [-0.39, 0.29) is 42.3 Å². The second-order valence-electron chi connectivity index (χ2n) is 26.3. The van der Waals surface area contributed by atoms with Gasteiger partial charge in [-0.3, -0.25) is 33.6 Å². The van der Waals surface area contributed by atoms with E-state index in [1.54, 1.807) is 30.0 Å². The number of β-amino-alcohol motifs (C(OH)–C–C–N with tert-alkyl or cyclic N) is 1. The lowest BCUT2D eigenvalue weighted by Gasteiger charge is -2.34. The first-order valence-electron chi connectivity index (χ1n) is 34.2. The predicted octanol–water partition coefficient (Wildman–Crippen LogP) is -1.48. The molecule has 9 rings (SSSR count). The number of hydrogen-bond acceptors (Lipinski definition) is 28. The molecule has 34 nitrogen and oxygen atoms in total. The van der Waals surface area contributed by atoms with Crippen LogP contribution in [0.25, 0.3) is 26.8 Å². The number of aromatic hydroxyl groups is 1. The van der Waals surface area contributed by atoms with Crippen molar-refractivity contribution in [2.75, 3.05) is 84.3 Å². The summed E-state index contributed by atoms with van der Waals surface area (Å²) in [6.45, 7) is 3.87. The summed E-state index contributed by atoms with van der Waals surface area (Å²) >= 11 is 1.46. The minimum absolute atomic E-state index is 0.0126. The summed E-state index contributed by atoms with van der Waals surface area (Å²) in [4.78, 5) is 112. The fourth-order valence-electron chi connectivity index (χ4n) is 12.9. The second-order valence-corrected chi connectivity index (χ2v) is 27.7. The molecule has 1 unspecified atom stereocenters. The topological polar surface area (TPSA) is 480 Å². The lowest BCUT2D eigenvalue weighted by atomic mass is 9.97. The number of piperidine rings is 1. The van der Waals surface area contributed by atoms with Gasteiger partial charge in [0.15, 0.2) is 11.5 Å². The molecule has 564 valence electrons. The number of imidazole rings is 1. The van der Waals surface area contributed by atoms with Gasteiger partial charge in [-0.1, -0.05) is 45.8 Å². The largest absolute Gasteiger partial charge is 0.504 e. The van der Waals surface area contributed by atoms with Gasteiger partial charge in [-0.25, -0.2) is 14.8 Å². The van der Waals surface area contributed by atoms with Crippen LogP contribution in [0, 0.1) is 11.8 Å². The van der Waals surface area contributed by atoms with Crippen LogP contribution in [0.2, 0.25) is 0 Å². The van der Waals surface area contributed by atoms with Crippen molar-refractivity contribution in [1.29, 1.82) is 0 Å². The van der Waals surface area contributed by atoms with Gasteiger partial charge in [0, 0.05) is 107 Å². The van der Waals surface area contributed by atoms with Crippen LogP contribution in [0.4, 0.5) is 5.69 Å². The third kappa shape index (κ3) is 20.8. The zero-order valence-electron chi connectivity index (χ0n) is 57.1. The molecule has 2 aromatic heterocycles. The number of nitrogens with one attached hydrogen (secondary N) is 6. The van der Waals surface area contributed by atoms with Crippen LogP contribution in [0.15, 0.2) is 72.9 Å². The summed E-state index contributed by atoms with van der Waals surface area (Å²) < 4.78 is 22.2. The van der Waals surface area contributed by atoms with Gasteiger partial charge in [-0.2, -0.15) is 5.10 Å². The Morgan fingerprint density at radius 1 is 0.786 bits per heavy atom. The highest BCUT2D eigenvalue weighted by Crippen LogP contribution is 2.34. The fourth-order valence-corrected chi connectivity index (χ4v) is 14.1. The Hall–Kier alpha value is -7.76. The van der Waals surface area contributed by atoms with E-state index in [0.717, 1.165) is 110 Å². The third-order valence-electron chi connectivity index (χ3n) is 18.8. The smallest absolute Gasteiger partial charge is 0.261 e. The predicted molar refractivity (Wildman–Crippen MR) is 370 cm³/mol. The molecule has 6 heterocycles. The van der Waals surface area contributed by atoms with E-state index in [1.165, 1.54) is 36.5 Å². The number of aliphatic hydroxyl groups is 8. The second kappa shape index (κ2) is 37.8. The van der Waals surface area contributed by atoms with E-state index in [2.05, 4.69) is 58.3 Å². The zero-order chi connectivity index (χ0) is 74.0. The number of aliphatic hydroxyl groups excluding tert-OH is 8. The van der Waals surface area contributed by atoms with E-state index < -0.39 is 184 Å². The number of phenols is 1. The number of amides is 7. The summed E-state index contributed by atoms with van der Waals surface area (Å²) in [5, 5.41) is 132. The molecule has 36 heteroatoms. The highest BCUT2D eigenvalue weighted by atomic mass is 32.2. The number of carbonyl (C=O) groups is 7. The first-order chi connectivity index (χ1) is 49.5. The fraction of sp³-hybridized carbons (Fsp3) is 0.567. The monoisotopic (exact) mass is 1480 g/mol. The van der Waals surface area contributed by atoms with Crippen LogP contribution in [0.1, 0.15) is 81.1 Å². The van der Waals surface area contributed by atoms with E-state index in [9.17, 15) is 74.7 Å². The van der Waals surface area contributed by atoms with Crippen LogP contribution in [-0.2, 0) is 54.0 Å². The van der Waals surface area contributed by atoms with Gasteiger partial charge in [-0.05, 0) is 112 Å². The van der Waals surface area contributed by atoms with Crippen molar-refractivity contribution < 1.29 is 108 Å². The molecule has 13 atom stereocenters. The molecule has 5 aromatic rings. The van der Waals surface area contributed by atoms with Crippen molar-refractivity contribution in [2.45, 2.75) is 151 Å². The van der Waals surface area contributed by atoms with Crippen molar-refractivity contribution in [3.8, 4) is 33.3 Å². The maximum atomic E-state index is 15.0. The van der Waals surface area contributed by atoms with E-state index in [1.807, 2.05) is 12.1 Å². The first kappa shape index (κ1) is 79.4. The Kier molecular flexibility index (Phi) is 29.1. The number of hydrogen-bond donors (Lipinski definition) is 16. The lowest BCUT2D eigenvalue weighted by Crippen LogP contribution is -2.64. The van der Waals surface area contributed by atoms with E-state index >= 15 is 4.79 Å². The number of nitrogens with zero attached hydrogens (tertiary/aromatic N) is 6. The zero-order valence-corrected chi connectivity index (χ0v) is 58.7. The molecule has 0 aliphatic carbocycles. The molecule has 0 bridgehead atoms. The van der Waals surface area contributed by atoms with Gasteiger partial charge >= 0.3 is 0 Å². The van der Waals surface area contributed by atoms with Gasteiger partial charge in [0.25, 0.3) is 18.2 Å². The summed E-state index contributed by atoms with van der Waals surface area (Å²) in [5.74, 6) is -9.10. The average molecular weight is 1480 g/mol. The van der Waals surface area contributed by atoms with Crippen molar-refractivity contribution in [2.24, 2.45) is 11.8 Å². The van der Waals surface area contributed by atoms with Gasteiger partial charge in [0.2, 0.25) is 40.4 Å². The lowest BCUT2D eigenvalue weighted by molar-refractivity contribution is -0.433. The van der Waals surface area contributed by atoms with Crippen molar-refractivity contribution >= 4 is 75.7 Å². The number of ether oxygens (including phenoxy) is 2. The first-order valence-corrected chi connectivity index (χ1v) is 35.6. The van der Waals surface area contributed by atoms with Crippen molar-refractivity contribution in [3.63, 3.8) is 0 Å². The van der Waals surface area contributed by atoms with Gasteiger partial charge in [0.1, 0.15) is 41.3 Å². The number of anilines is 1. The molecule has 7 amide bonds. The molecule has 4 aliphatic heterocycles. The Balaban J connectivity index is 0.939. The number of unbranched alkanes of at least 4 members (excludes halogenated alkanes) is 2. The molecule has 4 saturated heterocycles. The molecule has 16 N–H and O–H groups in total. The van der Waals surface area contributed by atoms with Crippen LogP contribution in [0.5, 0.6) is 11.5 Å². The van der Waals surface area contributed by atoms with Gasteiger partial charge < -0.3 is 106 Å². The maximum Gasteiger partial charge on any atom is 0.261 e. The Morgan fingerprint density at radius 3 is 2.17 bits per heavy atom. The number of methoxy groups -OCH3 is 1. The number of carbonyl (C=O) groups excluding carboxylic acids is 7. The molecular weight excluding hydrogens is 1390 g/mol. The number of benzene rings is 3. The van der Waals surface area contributed by atoms with Crippen molar-refractivity contribution in [1.82, 2.24) is 56.3 Å². The quantitative estimate of drug-likeness (QED) is 0.0118. The Bertz CT molecular complexity index is 3610. The minimum atomic E-state index is -2.16. The molecule has 3 aromatic carbocycles.